The van der Waals surface area contributed by atoms with E-state index in [0.717, 1.165) is 25.3 Å². The third kappa shape index (κ3) is 1.90. The standard InChI is InChI=1S/C11H13FN2O2/c12-8-4-5-10(14(15)16)9(6-8)11(13)7-2-1-3-7/h4-7,11H,1-3,13H2/t11-/m0/s1. The van der Waals surface area contributed by atoms with Gasteiger partial charge in [-0.3, -0.25) is 10.1 Å². The summed E-state index contributed by atoms with van der Waals surface area (Å²) in [6.07, 6.45) is 3.03. The largest absolute Gasteiger partial charge is 0.323 e. The van der Waals surface area contributed by atoms with Crippen LogP contribution in [0.2, 0.25) is 0 Å². The fourth-order valence-corrected chi connectivity index (χ4v) is 2.01. The molecule has 0 bridgehead atoms. The highest BCUT2D eigenvalue weighted by Gasteiger charge is 2.30. The van der Waals surface area contributed by atoms with E-state index in [0.29, 0.717) is 5.56 Å². The summed E-state index contributed by atoms with van der Waals surface area (Å²) in [4.78, 5) is 10.3. The third-order valence-corrected chi connectivity index (χ3v) is 3.20. The number of nitrogens with two attached hydrogens (primary N) is 1. The Labute approximate surface area is 92.4 Å². The van der Waals surface area contributed by atoms with E-state index >= 15 is 0 Å². The van der Waals surface area contributed by atoms with Crippen LogP contribution in [0.5, 0.6) is 0 Å². The van der Waals surface area contributed by atoms with Gasteiger partial charge < -0.3 is 5.73 Å². The van der Waals surface area contributed by atoms with E-state index < -0.39 is 16.8 Å². The van der Waals surface area contributed by atoms with E-state index in [2.05, 4.69) is 0 Å². The van der Waals surface area contributed by atoms with Crippen LogP contribution in [-0.4, -0.2) is 4.92 Å². The summed E-state index contributed by atoms with van der Waals surface area (Å²) in [6, 6.07) is 3.03. The van der Waals surface area contributed by atoms with Crippen molar-refractivity contribution < 1.29 is 9.31 Å². The van der Waals surface area contributed by atoms with E-state index in [9.17, 15) is 14.5 Å². The van der Waals surface area contributed by atoms with Crippen molar-refractivity contribution in [3.63, 3.8) is 0 Å². The maximum absolute atomic E-state index is 13.1. The summed E-state index contributed by atoms with van der Waals surface area (Å²) in [7, 11) is 0. The van der Waals surface area contributed by atoms with Crippen molar-refractivity contribution in [3.8, 4) is 0 Å². The average molecular weight is 224 g/mol. The first kappa shape index (κ1) is 11.0. The summed E-state index contributed by atoms with van der Waals surface area (Å²) in [6.45, 7) is 0. The fourth-order valence-electron chi connectivity index (χ4n) is 2.01. The highest BCUT2D eigenvalue weighted by Crippen LogP contribution is 2.39. The van der Waals surface area contributed by atoms with Gasteiger partial charge in [-0.05, 0) is 30.9 Å². The number of halogens is 1. The number of hydrogen-bond donors (Lipinski definition) is 1. The fraction of sp³-hybridized carbons (Fsp3) is 0.455. The van der Waals surface area contributed by atoms with Crippen LogP contribution in [0, 0.1) is 21.8 Å². The van der Waals surface area contributed by atoms with Crippen molar-refractivity contribution in [2.45, 2.75) is 25.3 Å². The highest BCUT2D eigenvalue weighted by molar-refractivity contribution is 5.42. The first-order valence-corrected chi connectivity index (χ1v) is 5.29. The molecule has 1 aromatic carbocycles. The van der Waals surface area contributed by atoms with Crippen molar-refractivity contribution in [3.05, 3.63) is 39.7 Å². The highest BCUT2D eigenvalue weighted by atomic mass is 19.1. The van der Waals surface area contributed by atoms with Gasteiger partial charge in [-0.15, -0.1) is 0 Å². The van der Waals surface area contributed by atoms with Gasteiger partial charge in [0.25, 0.3) is 5.69 Å². The number of nitrogens with zero attached hydrogens (tertiary/aromatic N) is 1. The van der Waals surface area contributed by atoms with Crippen LogP contribution in [0.25, 0.3) is 0 Å². The normalized spacial score (nSPS) is 17.9. The topological polar surface area (TPSA) is 69.2 Å². The van der Waals surface area contributed by atoms with Crippen molar-refractivity contribution in [1.82, 2.24) is 0 Å². The zero-order chi connectivity index (χ0) is 11.7. The summed E-state index contributed by atoms with van der Waals surface area (Å²) in [5, 5.41) is 10.8. The Hall–Kier alpha value is -1.49. The van der Waals surface area contributed by atoms with E-state index in [1.165, 1.54) is 12.1 Å². The molecule has 0 aromatic heterocycles. The molecular weight excluding hydrogens is 211 g/mol. The van der Waals surface area contributed by atoms with Crippen LogP contribution >= 0.6 is 0 Å². The molecule has 86 valence electrons. The number of hydrogen-bond acceptors (Lipinski definition) is 3. The van der Waals surface area contributed by atoms with Gasteiger partial charge in [0, 0.05) is 17.7 Å². The molecule has 1 aliphatic rings. The number of nitro benzene ring substituents is 1. The minimum atomic E-state index is -0.507. The minimum Gasteiger partial charge on any atom is -0.323 e. The lowest BCUT2D eigenvalue weighted by Gasteiger charge is -2.31. The molecule has 0 unspecified atom stereocenters. The SMILES string of the molecule is N[C@H](c1cc(F)ccc1[N+](=O)[O-])C1CCC1. The number of nitro groups is 1. The van der Waals surface area contributed by atoms with Crippen LogP contribution in [0.15, 0.2) is 18.2 Å². The summed E-state index contributed by atoms with van der Waals surface area (Å²) in [5.41, 5.74) is 6.17. The second kappa shape index (κ2) is 4.17. The summed E-state index contributed by atoms with van der Waals surface area (Å²) < 4.78 is 13.1. The zero-order valence-corrected chi connectivity index (χ0v) is 8.73. The quantitative estimate of drug-likeness (QED) is 0.633. The molecule has 0 radical (unpaired) electrons. The van der Waals surface area contributed by atoms with Gasteiger partial charge in [-0.2, -0.15) is 0 Å². The zero-order valence-electron chi connectivity index (χ0n) is 8.73. The van der Waals surface area contributed by atoms with Crippen LogP contribution in [-0.2, 0) is 0 Å². The molecule has 0 aliphatic heterocycles. The molecule has 1 aliphatic carbocycles. The Balaban J connectivity index is 2.36. The molecule has 16 heavy (non-hydrogen) atoms. The van der Waals surface area contributed by atoms with Crippen LogP contribution in [0.3, 0.4) is 0 Å². The lowest BCUT2D eigenvalue weighted by molar-refractivity contribution is -0.385. The van der Waals surface area contributed by atoms with Gasteiger partial charge in [0.15, 0.2) is 0 Å². The van der Waals surface area contributed by atoms with Gasteiger partial charge >= 0.3 is 0 Å². The molecule has 0 spiro atoms. The molecule has 0 amide bonds. The molecule has 5 heteroatoms. The van der Waals surface area contributed by atoms with Crippen LogP contribution in [0.4, 0.5) is 10.1 Å². The van der Waals surface area contributed by atoms with E-state index in [1.807, 2.05) is 0 Å². The maximum Gasteiger partial charge on any atom is 0.274 e. The van der Waals surface area contributed by atoms with Crippen molar-refractivity contribution >= 4 is 5.69 Å². The van der Waals surface area contributed by atoms with Gasteiger partial charge in [-0.25, -0.2) is 4.39 Å². The monoisotopic (exact) mass is 224 g/mol. The van der Waals surface area contributed by atoms with E-state index in [-0.39, 0.29) is 11.6 Å². The van der Waals surface area contributed by atoms with Crippen molar-refractivity contribution in [2.24, 2.45) is 11.7 Å². The van der Waals surface area contributed by atoms with Crippen molar-refractivity contribution in [1.29, 1.82) is 0 Å². The molecule has 0 heterocycles. The Kier molecular flexibility index (Phi) is 2.87. The first-order valence-electron chi connectivity index (χ1n) is 5.29. The first-order chi connectivity index (χ1) is 7.59. The van der Waals surface area contributed by atoms with Gasteiger partial charge in [0.1, 0.15) is 5.82 Å². The smallest absolute Gasteiger partial charge is 0.274 e. The lowest BCUT2D eigenvalue weighted by Crippen LogP contribution is -2.27. The van der Waals surface area contributed by atoms with Gasteiger partial charge in [0.2, 0.25) is 0 Å². The molecular formula is C11H13FN2O2. The summed E-state index contributed by atoms with van der Waals surface area (Å²) >= 11 is 0. The molecule has 2 N–H and O–H groups in total. The molecule has 1 atom stereocenters. The second-order valence-electron chi connectivity index (χ2n) is 4.18. The Bertz CT molecular complexity index is 418. The van der Waals surface area contributed by atoms with Crippen LogP contribution in [0.1, 0.15) is 30.9 Å². The Morgan fingerprint density at radius 3 is 2.69 bits per heavy atom. The summed E-state index contributed by atoms with van der Waals surface area (Å²) in [5.74, 6) is -0.226. The predicted octanol–water partition coefficient (Wildman–Crippen LogP) is 2.53. The number of benzene rings is 1. The van der Waals surface area contributed by atoms with Gasteiger partial charge in [-0.1, -0.05) is 6.42 Å². The minimum absolute atomic E-state index is 0.0826. The van der Waals surface area contributed by atoms with Gasteiger partial charge in [0.05, 0.1) is 4.92 Å². The maximum atomic E-state index is 13.1. The Morgan fingerprint density at radius 1 is 1.50 bits per heavy atom. The molecule has 1 fully saturated rings. The molecule has 4 nitrogen and oxygen atoms in total. The van der Waals surface area contributed by atoms with E-state index in [4.69, 9.17) is 5.73 Å². The molecule has 1 aromatic rings. The van der Waals surface area contributed by atoms with Crippen LogP contribution < -0.4 is 5.73 Å². The molecule has 0 saturated heterocycles. The molecule has 2 rings (SSSR count). The molecule has 1 saturated carbocycles. The predicted molar refractivity (Wildman–Crippen MR) is 57.3 cm³/mol. The second-order valence-corrected chi connectivity index (χ2v) is 4.18. The van der Waals surface area contributed by atoms with Crippen molar-refractivity contribution in [2.75, 3.05) is 0 Å². The third-order valence-electron chi connectivity index (χ3n) is 3.20. The Morgan fingerprint density at radius 2 is 2.19 bits per heavy atom. The average Bonchev–Trinajstić information content (AvgIpc) is 2.14. The lowest BCUT2D eigenvalue weighted by atomic mass is 9.77. The number of rotatable bonds is 3. The van der Waals surface area contributed by atoms with E-state index in [1.54, 1.807) is 0 Å².